The van der Waals surface area contributed by atoms with Crippen molar-refractivity contribution in [3.63, 3.8) is 0 Å². The first-order valence-electron chi connectivity index (χ1n) is 10.1. The SMILES string of the molecule is C=CCOC(=O)C1=C(C)Nc2nc3ccccc3n2[C@@H]1c1cc(OC)c(OC)cc1OC. The van der Waals surface area contributed by atoms with Gasteiger partial charge >= 0.3 is 5.97 Å². The summed E-state index contributed by atoms with van der Waals surface area (Å²) in [5, 5.41) is 3.25. The number of aromatic nitrogens is 2. The van der Waals surface area contributed by atoms with Crippen LogP contribution in [0, 0.1) is 0 Å². The third kappa shape index (κ3) is 3.43. The number of hydrogen-bond donors (Lipinski definition) is 1. The molecule has 32 heavy (non-hydrogen) atoms. The zero-order valence-electron chi connectivity index (χ0n) is 18.5. The molecule has 0 amide bonds. The molecule has 4 rings (SSSR count). The van der Waals surface area contributed by atoms with Gasteiger partial charge in [-0.15, -0.1) is 0 Å². The van der Waals surface area contributed by atoms with Gasteiger partial charge < -0.3 is 24.3 Å². The molecule has 0 bridgehead atoms. The first kappa shape index (κ1) is 21.3. The summed E-state index contributed by atoms with van der Waals surface area (Å²) in [5.74, 6) is 1.74. The van der Waals surface area contributed by atoms with E-state index in [-0.39, 0.29) is 6.61 Å². The summed E-state index contributed by atoms with van der Waals surface area (Å²) in [7, 11) is 4.70. The second kappa shape index (κ2) is 8.66. The molecule has 1 aromatic heterocycles. The highest BCUT2D eigenvalue weighted by atomic mass is 16.5. The van der Waals surface area contributed by atoms with E-state index in [1.54, 1.807) is 27.4 Å². The van der Waals surface area contributed by atoms with Crippen molar-refractivity contribution in [2.24, 2.45) is 0 Å². The molecule has 0 spiro atoms. The van der Waals surface area contributed by atoms with Gasteiger partial charge in [-0.3, -0.25) is 4.57 Å². The molecule has 0 fully saturated rings. The van der Waals surface area contributed by atoms with E-state index in [4.69, 9.17) is 23.9 Å². The number of benzene rings is 2. The van der Waals surface area contributed by atoms with Gasteiger partial charge in [0.2, 0.25) is 5.95 Å². The predicted molar refractivity (Wildman–Crippen MR) is 121 cm³/mol. The number of hydrogen-bond acceptors (Lipinski definition) is 7. The highest BCUT2D eigenvalue weighted by molar-refractivity contribution is 5.94. The van der Waals surface area contributed by atoms with Gasteiger partial charge in [-0.25, -0.2) is 9.78 Å². The highest BCUT2D eigenvalue weighted by Gasteiger charge is 2.37. The van der Waals surface area contributed by atoms with Crippen LogP contribution in [0.3, 0.4) is 0 Å². The largest absolute Gasteiger partial charge is 0.496 e. The molecule has 1 aliphatic heterocycles. The van der Waals surface area contributed by atoms with E-state index >= 15 is 0 Å². The molecule has 8 heteroatoms. The average Bonchev–Trinajstić information content (AvgIpc) is 3.18. The lowest BCUT2D eigenvalue weighted by molar-refractivity contribution is -0.138. The van der Waals surface area contributed by atoms with Crippen molar-refractivity contribution in [1.82, 2.24) is 9.55 Å². The minimum Gasteiger partial charge on any atom is -0.496 e. The number of allylic oxidation sites excluding steroid dienone is 1. The molecule has 0 saturated heterocycles. The van der Waals surface area contributed by atoms with Gasteiger partial charge in [0.15, 0.2) is 11.5 Å². The molecule has 1 atom stereocenters. The zero-order chi connectivity index (χ0) is 22.8. The lowest BCUT2D eigenvalue weighted by Crippen LogP contribution is -2.29. The minimum atomic E-state index is -0.578. The number of rotatable bonds is 7. The maximum Gasteiger partial charge on any atom is 0.338 e. The Bertz CT molecular complexity index is 1230. The van der Waals surface area contributed by atoms with Crippen LogP contribution in [0.4, 0.5) is 5.95 Å². The number of nitrogens with one attached hydrogen (secondary N) is 1. The molecule has 0 unspecified atom stereocenters. The first-order chi connectivity index (χ1) is 15.5. The summed E-state index contributed by atoms with van der Waals surface area (Å²) in [6.07, 6.45) is 1.54. The number of fused-ring (bicyclic) bond motifs is 3. The summed E-state index contributed by atoms with van der Waals surface area (Å²) in [6, 6.07) is 10.7. The van der Waals surface area contributed by atoms with E-state index in [0.717, 1.165) is 11.0 Å². The van der Waals surface area contributed by atoms with Gasteiger partial charge in [-0.1, -0.05) is 24.8 Å². The second-order valence-corrected chi connectivity index (χ2v) is 7.20. The van der Waals surface area contributed by atoms with Crippen LogP contribution in [0.15, 0.2) is 60.3 Å². The molecule has 0 saturated carbocycles. The number of methoxy groups -OCH3 is 3. The second-order valence-electron chi connectivity index (χ2n) is 7.20. The van der Waals surface area contributed by atoms with Crippen LogP contribution in [0.2, 0.25) is 0 Å². The van der Waals surface area contributed by atoms with Gasteiger partial charge in [-0.2, -0.15) is 0 Å². The number of anilines is 1. The standard InChI is InChI=1S/C24H25N3O5/c1-6-11-32-23(28)21-14(2)25-24-26-16-9-7-8-10-17(16)27(24)22(21)15-12-19(30-4)20(31-5)13-18(15)29-3/h6-10,12-13,22H,1,11H2,2-5H3,(H,25,26)/t22-/m1/s1. The van der Waals surface area contributed by atoms with Crippen molar-refractivity contribution < 1.29 is 23.7 Å². The van der Waals surface area contributed by atoms with Crippen molar-refractivity contribution in [3.05, 3.63) is 65.9 Å². The Balaban J connectivity index is 2.02. The number of imidazole rings is 1. The van der Waals surface area contributed by atoms with E-state index in [9.17, 15) is 4.79 Å². The Morgan fingerprint density at radius 1 is 1.12 bits per heavy atom. The van der Waals surface area contributed by atoms with E-state index in [0.29, 0.717) is 40.0 Å². The number of ether oxygens (including phenoxy) is 4. The fourth-order valence-corrected chi connectivity index (χ4v) is 4.00. The summed E-state index contributed by atoms with van der Waals surface area (Å²) in [6.45, 7) is 5.56. The third-order valence-corrected chi connectivity index (χ3v) is 5.41. The van der Waals surface area contributed by atoms with E-state index in [1.165, 1.54) is 6.08 Å². The molecule has 0 aliphatic carbocycles. The van der Waals surface area contributed by atoms with E-state index in [2.05, 4.69) is 11.9 Å². The zero-order valence-corrected chi connectivity index (χ0v) is 18.5. The third-order valence-electron chi connectivity index (χ3n) is 5.41. The number of nitrogens with zero attached hydrogens (tertiary/aromatic N) is 2. The van der Waals surface area contributed by atoms with Crippen LogP contribution in [0.1, 0.15) is 18.5 Å². The fourth-order valence-electron chi connectivity index (χ4n) is 4.00. The summed E-state index contributed by atoms with van der Waals surface area (Å²) in [4.78, 5) is 17.9. The van der Waals surface area contributed by atoms with Crippen molar-refractivity contribution in [2.75, 3.05) is 33.3 Å². The molecule has 8 nitrogen and oxygen atoms in total. The van der Waals surface area contributed by atoms with Crippen molar-refractivity contribution >= 4 is 23.0 Å². The molecular weight excluding hydrogens is 410 g/mol. The predicted octanol–water partition coefficient (Wildman–Crippen LogP) is 4.08. The van der Waals surface area contributed by atoms with Crippen LogP contribution in [0.25, 0.3) is 11.0 Å². The Kier molecular flexibility index (Phi) is 5.77. The summed E-state index contributed by atoms with van der Waals surface area (Å²) < 4.78 is 24.1. The lowest BCUT2D eigenvalue weighted by Gasteiger charge is -2.31. The smallest absolute Gasteiger partial charge is 0.338 e. The van der Waals surface area contributed by atoms with Crippen LogP contribution in [-0.2, 0) is 9.53 Å². The Morgan fingerprint density at radius 2 is 1.81 bits per heavy atom. The Morgan fingerprint density at radius 3 is 2.50 bits per heavy atom. The van der Waals surface area contributed by atoms with Crippen LogP contribution < -0.4 is 19.5 Å². The quantitative estimate of drug-likeness (QED) is 0.442. The van der Waals surface area contributed by atoms with E-state index < -0.39 is 12.0 Å². The molecular formula is C24H25N3O5. The van der Waals surface area contributed by atoms with Crippen molar-refractivity contribution in [2.45, 2.75) is 13.0 Å². The lowest BCUT2D eigenvalue weighted by atomic mass is 9.93. The topological polar surface area (TPSA) is 83.8 Å². The van der Waals surface area contributed by atoms with Gasteiger partial charge in [0, 0.05) is 17.3 Å². The normalized spacial score (nSPS) is 15.1. The van der Waals surface area contributed by atoms with Gasteiger partial charge in [-0.05, 0) is 25.1 Å². The number of carbonyl (C=O) groups is 1. The number of carbonyl (C=O) groups excluding carboxylic acids is 1. The molecule has 2 aromatic carbocycles. The number of para-hydroxylation sites is 2. The summed E-state index contributed by atoms with van der Waals surface area (Å²) >= 11 is 0. The fraction of sp³-hybridized carbons (Fsp3) is 0.250. The van der Waals surface area contributed by atoms with Crippen molar-refractivity contribution in [3.8, 4) is 17.2 Å². The summed E-state index contributed by atoms with van der Waals surface area (Å²) in [5.41, 5.74) is 3.45. The van der Waals surface area contributed by atoms with Gasteiger partial charge in [0.1, 0.15) is 12.4 Å². The minimum absolute atomic E-state index is 0.100. The maximum absolute atomic E-state index is 13.2. The number of esters is 1. The Hall–Kier alpha value is -3.94. The molecule has 166 valence electrons. The molecule has 1 aliphatic rings. The molecule has 3 aromatic rings. The highest BCUT2D eigenvalue weighted by Crippen LogP contribution is 2.45. The van der Waals surface area contributed by atoms with Gasteiger partial charge in [0.25, 0.3) is 0 Å². The molecule has 0 radical (unpaired) electrons. The Labute approximate surface area is 186 Å². The molecule has 2 heterocycles. The average molecular weight is 435 g/mol. The first-order valence-corrected chi connectivity index (χ1v) is 10.1. The maximum atomic E-state index is 13.2. The van der Waals surface area contributed by atoms with E-state index in [1.807, 2.05) is 41.8 Å². The van der Waals surface area contributed by atoms with Crippen LogP contribution in [-0.4, -0.2) is 43.5 Å². The van der Waals surface area contributed by atoms with Crippen molar-refractivity contribution in [1.29, 1.82) is 0 Å². The van der Waals surface area contributed by atoms with Crippen LogP contribution in [0.5, 0.6) is 17.2 Å². The van der Waals surface area contributed by atoms with Gasteiger partial charge in [0.05, 0.1) is 44.0 Å². The monoisotopic (exact) mass is 435 g/mol. The van der Waals surface area contributed by atoms with Crippen LogP contribution >= 0.6 is 0 Å². The molecule has 1 N–H and O–H groups in total.